The van der Waals surface area contributed by atoms with Crippen molar-refractivity contribution in [1.29, 1.82) is 0 Å². The molecule has 1 saturated carbocycles. The zero-order valence-electron chi connectivity index (χ0n) is 19.6. The van der Waals surface area contributed by atoms with E-state index in [0.717, 1.165) is 38.0 Å². The lowest BCUT2D eigenvalue weighted by atomic mass is 9.83. The van der Waals surface area contributed by atoms with Gasteiger partial charge in [-0.3, -0.25) is 4.79 Å². The van der Waals surface area contributed by atoms with E-state index in [2.05, 4.69) is 58.3 Å². The number of quaternary nitrogens is 1. The van der Waals surface area contributed by atoms with Gasteiger partial charge in [0.05, 0.1) is 0 Å². The third-order valence-electron chi connectivity index (χ3n) is 7.13. The molecule has 1 atom stereocenters. The predicted octanol–water partition coefficient (Wildman–Crippen LogP) is 3.13. The first kappa shape index (κ1) is 22.7. The van der Waals surface area contributed by atoms with Crippen LogP contribution in [0.2, 0.25) is 0 Å². The summed E-state index contributed by atoms with van der Waals surface area (Å²) in [5, 5.41) is 2.23. The molecule has 0 unspecified atom stereocenters. The van der Waals surface area contributed by atoms with Gasteiger partial charge in [0, 0.05) is 50.1 Å². The number of piperazine rings is 1. The summed E-state index contributed by atoms with van der Waals surface area (Å²) in [4.78, 5) is 25.7. The number of hydrogen-bond acceptors (Lipinski definition) is 4. The van der Waals surface area contributed by atoms with Crippen molar-refractivity contribution in [2.45, 2.75) is 57.9 Å². The average Bonchev–Trinajstić information content (AvgIpc) is 2.85. The highest BCUT2D eigenvalue weighted by molar-refractivity contribution is 5.77. The zero-order valence-corrected chi connectivity index (χ0v) is 19.6. The van der Waals surface area contributed by atoms with Crippen molar-refractivity contribution in [2.75, 3.05) is 37.6 Å². The van der Waals surface area contributed by atoms with E-state index in [1.54, 1.807) is 12.4 Å². The molecule has 1 aliphatic heterocycles. The van der Waals surface area contributed by atoms with Gasteiger partial charge in [0.25, 0.3) is 5.91 Å². The van der Waals surface area contributed by atoms with Crippen LogP contribution >= 0.6 is 0 Å². The van der Waals surface area contributed by atoms with Gasteiger partial charge in [0.15, 0.2) is 6.54 Å². The summed E-state index contributed by atoms with van der Waals surface area (Å²) in [5.74, 6) is 2.18. The Balaban J connectivity index is 1.29. The van der Waals surface area contributed by atoms with Gasteiger partial charge in [0.2, 0.25) is 5.95 Å². The average molecular weight is 437 g/mol. The van der Waals surface area contributed by atoms with Crippen LogP contribution in [0.3, 0.4) is 0 Å². The van der Waals surface area contributed by atoms with E-state index in [-0.39, 0.29) is 5.91 Å². The molecule has 4 rings (SSSR count). The molecule has 0 radical (unpaired) electrons. The molecule has 1 aromatic carbocycles. The minimum atomic E-state index is 0.225. The van der Waals surface area contributed by atoms with E-state index in [0.29, 0.717) is 18.5 Å². The van der Waals surface area contributed by atoms with E-state index in [1.165, 1.54) is 43.2 Å². The van der Waals surface area contributed by atoms with E-state index in [4.69, 9.17) is 0 Å². The van der Waals surface area contributed by atoms with Gasteiger partial charge in [0.1, 0.15) is 6.04 Å². The van der Waals surface area contributed by atoms with Crippen LogP contribution in [0.4, 0.5) is 5.95 Å². The number of nitrogens with two attached hydrogens (primary N) is 1. The molecule has 2 N–H and O–H groups in total. The monoisotopic (exact) mass is 436 g/mol. The normalized spacial score (nSPS) is 18.7. The van der Waals surface area contributed by atoms with Crippen LogP contribution in [0.5, 0.6) is 0 Å². The molecule has 1 amide bonds. The standard InChI is InChI=1S/C26H37N5O/c1-20(2)25(23-11-9-22(10-12-23)21-7-4-3-5-8-21)29-19-24(32)30-15-17-31(18-16-30)26-27-13-6-14-28-26/h6,9-14,20-21,25,29H,3-5,7-8,15-19H2,1-2H3/p+1/t25-/m0/s1. The second-order valence-electron chi connectivity index (χ2n) is 9.63. The third kappa shape index (κ3) is 5.66. The van der Waals surface area contributed by atoms with Crippen molar-refractivity contribution in [1.82, 2.24) is 14.9 Å². The van der Waals surface area contributed by atoms with Gasteiger partial charge in [-0.2, -0.15) is 0 Å². The summed E-state index contributed by atoms with van der Waals surface area (Å²) in [7, 11) is 0. The van der Waals surface area contributed by atoms with Crippen molar-refractivity contribution in [3.8, 4) is 0 Å². The number of nitrogens with zero attached hydrogens (tertiary/aromatic N) is 4. The fraction of sp³-hybridized carbons (Fsp3) is 0.577. The molecule has 1 saturated heterocycles. The molecule has 6 heteroatoms. The second-order valence-corrected chi connectivity index (χ2v) is 9.63. The van der Waals surface area contributed by atoms with E-state index >= 15 is 0 Å². The summed E-state index contributed by atoms with van der Waals surface area (Å²) >= 11 is 0. The molecule has 2 heterocycles. The van der Waals surface area contributed by atoms with Gasteiger partial charge in [-0.05, 0) is 30.4 Å². The number of carbonyl (C=O) groups excluding carboxylic acids is 1. The fourth-order valence-corrected chi connectivity index (χ4v) is 5.19. The van der Waals surface area contributed by atoms with Gasteiger partial charge in [-0.15, -0.1) is 0 Å². The maximum absolute atomic E-state index is 12.9. The summed E-state index contributed by atoms with van der Waals surface area (Å²) in [5.41, 5.74) is 2.82. The lowest BCUT2D eigenvalue weighted by Crippen LogP contribution is -2.88. The van der Waals surface area contributed by atoms with Gasteiger partial charge in [-0.1, -0.05) is 57.4 Å². The summed E-state index contributed by atoms with van der Waals surface area (Å²) < 4.78 is 0. The molecule has 172 valence electrons. The van der Waals surface area contributed by atoms with Crippen LogP contribution in [-0.4, -0.2) is 53.5 Å². The Morgan fingerprint density at radius 1 is 1.00 bits per heavy atom. The van der Waals surface area contributed by atoms with Crippen LogP contribution < -0.4 is 10.2 Å². The van der Waals surface area contributed by atoms with Crippen LogP contribution in [0, 0.1) is 5.92 Å². The van der Waals surface area contributed by atoms with Crippen LogP contribution in [0.15, 0.2) is 42.7 Å². The molecule has 6 nitrogen and oxygen atoms in total. The number of anilines is 1. The molecule has 1 aromatic heterocycles. The van der Waals surface area contributed by atoms with Crippen molar-refractivity contribution >= 4 is 11.9 Å². The quantitative estimate of drug-likeness (QED) is 0.724. The Morgan fingerprint density at radius 2 is 1.66 bits per heavy atom. The maximum atomic E-state index is 12.9. The topological polar surface area (TPSA) is 65.9 Å². The minimum absolute atomic E-state index is 0.225. The first-order valence-electron chi connectivity index (χ1n) is 12.3. The number of rotatable bonds is 7. The Labute approximate surface area is 192 Å². The SMILES string of the molecule is CC(C)[C@H]([NH2+]CC(=O)N1CCN(c2ncccn2)CC1)c1ccc(C2CCCCC2)cc1. The molecular weight excluding hydrogens is 398 g/mol. The Hall–Kier alpha value is -2.47. The third-order valence-corrected chi connectivity index (χ3v) is 7.13. The summed E-state index contributed by atoms with van der Waals surface area (Å²) in [6, 6.07) is 11.4. The van der Waals surface area contributed by atoms with Crippen LogP contribution in [-0.2, 0) is 4.79 Å². The van der Waals surface area contributed by atoms with E-state index in [9.17, 15) is 4.79 Å². The maximum Gasteiger partial charge on any atom is 0.277 e. The smallest absolute Gasteiger partial charge is 0.277 e. The van der Waals surface area contributed by atoms with Crippen molar-refractivity contribution in [2.24, 2.45) is 5.92 Å². The number of hydrogen-bond donors (Lipinski definition) is 1. The summed E-state index contributed by atoms with van der Waals surface area (Å²) in [6.45, 7) is 8.02. The molecule has 32 heavy (non-hydrogen) atoms. The largest absolute Gasteiger partial charge is 0.337 e. The Kier molecular flexibility index (Phi) is 7.74. The molecule has 1 aliphatic carbocycles. The van der Waals surface area contributed by atoms with Crippen LogP contribution in [0.25, 0.3) is 0 Å². The first-order chi connectivity index (χ1) is 15.6. The number of aromatic nitrogens is 2. The molecular formula is C26H38N5O+. The number of benzene rings is 1. The molecule has 0 bridgehead atoms. The van der Waals surface area contributed by atoms with Gasteiger partial charge in [-0.25, -0.2) is 9.97 Å². The molecule has 2 aliphatic rings. The number of amides is 1. The Morgan fingerprint density at radius 3 is 2.28 bits per heavy atom. The lowest BCUT2D eigenvalue weighted by molar-refractivity contribution is -0.692. The van der Waals surface area contributed by atoms with Gasteiger partial charge >= 0.3 is 0 Å². The van der Waals surface area contributed by atoms with Gasteiger partial charge < -0.3 is 15.1 Å². The summed E-state index contributed by atoms with van der Waals surface area (Å²) in [6.07, 6.45) is 10.3. The van der Waals surface area contributed by atoms with E-state index in [1.807, 2.05) is 11.0 Å². The molecule has 2 fully saturated rings. The highest BCUT2D eigenvalue weighted by atomic mass is 16.2. The highest BCUT2D eigenvalue weighted by Crippen LogP contribution is 2.33. The number of carbonyl (C=O) groups is 1. The zero-order chi connectivity index (χ0) is 22.3. The highest BCUT2D eigenvalue weighted by Gasteiger charge is 2.26. The van der Waals surface area contributed by atoms with E-state index < -0.39 is 0 Å². The fourth-order valence-electron chi connectivity index (χ4n) is 5.19. The van der Waals surface area contributed by atoms with Crippen molar-refractivity contribution in [3.63, 3.8) is 0 Å². The first-order valence-corrected chi connectivity index (χ1v) is 12.3. The lowest BCUT2D eigenvalue weighted by Gasteiger charge is -2.34. The minimum Gasteiger partial charge on any atom is -0.337 e. The Bertz CT molecular complexity index is 840. The second kappa shape index (κ2) is 10.9. The van der Waals surface area contributed by atoms with Crippen molar-refractivity contribution in [3.05, 3.63) is 53.9 Å². The van der Waals surface area contributed by atoms with Crippen molar-refractivity contribution < 1.29 is 10.1 Å². The molecule has 0 spiro atoms. The predicted molar refractivity (Wildman–Crippen MR) is 127 cm³/mol. The molecule has 2 aromatic rings. The van der Waals surface area contributed by atoms with Crippen LogP contribution in [0.1, 0.15) is 69.0 Å².